The third-order valence-electron chi connectivity index (χ3n) is 3.72. The van der Waals surface area contributed by atoms with Crippen LogP contribution in [0.1, 0.15) is 24.8 Å². The van der Waals surface area contributed by atoms with E-state index in [0.717, 1.165) is 12.1 Å². The summed E-state index contributed by atoms with van der Waals surface area (Å²) in [5, 5.41) is 20.4. The standard InChI is InChI=1S/C17H22N2O3/c20-17(5-1-2-12-18-13-3-4-14-18)11-8-15-6-9-16(10-7-15)19(21)22/h1-2,6-11,17,20H,3-5,12-14H2/b2-1+,11-8+. The van der Waals surface area contributed by atoms with Gasteiger partial charge >= 0.3 is 0 Å². The summed E-state index contributed by atoms with van der Waals surface area (Å²) in [4.78, 5) is 12.5. The minimum atomic E-state index is -0.537. The highest BCUT2D eigenvalue weighted by Crippen LogP contribution is 2.13. The van der Waals surface area contributed by atoms with Crippen molar-refractivity contribution in [2.75, 3.05) is 19.6 Å². The first-order valence-corrected chi connectivity index (χ1v) is 7.63. The van der Waals surface area contributed by atoms with E-state index in [-0.39, 0.29) is 5.69 Å². The topological polar surface area (TPSA) is 66.6 Å². The summed E-state index contributed by atoms with van der Waals surface area (Å²) in [7, 11) is 0. The van der Waals surface area contributed by atoms with Crippen LogP contribution in [0.25, 0.3) is 6.08 Å². The Kier molecular flexibility index (Phi) is 6.30. The molecule has 1 aliphatic heterocycles. The van der Waals surface area contributed by atoms with Gasteiger partial charge in [-0.2, -0.15) is 0 Å². The fourth-order valence-corrected chi connectivity index (χ4v) is 2.43. The van der Waals surface area contributed by atoms with Gasteiger partial charge in [0.2, 0.25) is 0 Å². The van der Waals surface area contributed by atoms with Gasteiger partial charge in [-0.1, -0.05) is 24.3 Å². The fourth-order valence-electron chi connectivity index (χ4n) is 2.43. The van der Waals surface area contributed by atoms with Gasteiger partial charge in [0.25, 0.3) is 5.69 Å². The molecule has 0 radical (unpaired) electrons. The molecule has 1 aliphatic rings. The first-order valence-electron chi connectivity index (χ1n) is 7.63. The average Bonchev–Trinajstić information content (AvgIpc) is 3.03. The van der Waals surface area contributed by atoms with Gasteiger partial charge < -0.3 is 5.11 Å². The SMILES string of the molecule is O=[N+]([O-])c1ccc(/C=C/C(O)C/C=C/CN2CCCC2)cc1. The van der Waals surface area contributed by atoms with E-state index in [2.05, 4.69) is 11.0 Å². The first-order chi connectivity index (χ1) is 10.6. The van der Waals surface area contributed by atoms with Crippen molar-refractivity contribution in [2.45, 2.75) is 25.4 Å². The van der Waals surface area contributed by atoms with Crippen LogP contribution in [0.3, 0.4) is 0 Å². The number of rotatable bonds is 7. The maximum absolute atomic E-state index is 10.6. The second-order valence-corrected chi connectivity index (χ2v) is 5.49. The van der Waals surface area contributed by atoms with Crippen LogP contribution in [0.2, 0.25) is 0 Å². The maximum Gasteiger partial charge on any atom is 0.269 e. The molecule has 1 aromatic rings. The molecular weight excluding hydrogens is 280 g/mol. The molecule has 0 spiro atoms. The monoisotopic (exact) mass is 302 g/mol. The number of nitro groups is 1. The van der Waals surface area contributed by atoms with Crippen molar-refractivity contribution in [3.05, 3.63) is 58.2 Å². The van der Waals surface area contributed by atoms with Crippen molar-refractivity contribution in [1.29, 1.82) is 0 Å². The third kappa shape index (κ3) is 5.42. The maximum atomic E-state index is 10.6. The zero-order valence-corrected chi connectivity index (χ0v) is 12.6. The smallest absolute Gasteiger partial charge is 0.269 e. The number of benzene rings is 1. The third-order valence-corrected chi connectivity index (χ3v) is 3.72. The summed E-state index contributed by atoms with van der Waals surface area (Å²) in [5.74, 6) is 0. The molecule has 22 heavy (non-hydrogen) atoms. The normalized spacial score (nSPS) is 17.5. The summed E-state index contributed by atoms with van der Waals surface area (Å²) in [6, 6.07) is 6.26. The molecule has 118 valence electrons. The molecule has 2 rings (SSSR count). The van der Waals surface area contributed by atoms with E-state index in [0.29, 0.717) is 6.42 Å². The van der Waals surface area contributed by atoms with E-state index in [1.807, 2.05) is 6.08 Å². The Morgan fingerprint density at radius 2 is 1.91 bits per heavy atom. The zero-order chi connectivity index (χ0) is 15.8. The molecular formula is C17H22N2O3. The second kappa shape index (κ2) is 8.46. The molecule has 0 amide bonds. The van der Waals surface area contributed by atoms with Crippen LogP contribution in [-0.2, 0) is 0 Å². The van der Waals surface area contributed by atoms with Crippen molar-refractivity contribution in [3.63, 3.8) is 0 Å². The molecule has 0 saturated carbocycles. The van der Waals surface area contributed by atoms with Gasteiger partial charge in [0.05, 0.1) is 11.0 Å². The highest BCUT2D eigenvalue weighted by molar-refractivity contribution is 5.52. The van der Waals surface area contributed by atoms with Crippen molar-refractivity contribution >= 4 is 11.8 Å². The van der Waals surface area contributed by atoms with Crippen LogP contribution >= 0.6 is 0 Å². The minimum Gasteiger partial charge on any atom is -0.389 e. The van der Waals surface area contributed by atoms with E-state index >= 15 is 0 Å². The van der Waals surface area contributed by atoms with Crippen molar-refractivity contribution in [2.24, 2.45) is 0 Å². The molecule has 1 fully saturated rings. The molecule has 1 atom stereocenters. The second-order valence-electron chi connectivity index (χ2n) is 5.49. The Hall–Kier alpha value is -1.98. The van der Waals surface area contributed by atoms with Crippen LogP contribution in [-0.4, -0.2) is 40.7 Å². The lowest BCUT2D eigenvalue weighted by atomic mass is 10.1. The lowest BCUT2D eigenvalue weighted by Crippen LogP contribution is -2.18. The largest absolute Gasteiger partial charge is 0.389 e. The van der Waals surface area contributed by atoms with E-state index in [9.17, 15) is 15.2 Å². The number of nitrogens with zero attached hydrogens (tertiary/aromatic N) is 2. The molecule has 1 saturated heterocycles. The minimum absolute atomic E-state index is 0.0718. The molecule has 1 unspecified atom stereocenters. The van der Waals surface area contributed by atoms with E-state index in [4.69, 9.17) is 0 Å². The Bertz CT molecular complexity index is 531. The molecule has 0 bridgehead atoms. The van der Waals surface area contributed by atoms with Crippen molar-refractivity contribution in [3.8, 4) is 0 Å². The number of hydrogen-bond donors (Lipinski definition) is 1. The average molecular weight is 302 g/mol. The lowest BCUT2D eigenvalue weighted by Gasteiger charge is -2.10. The quantitative estimate of drug-likeness (QED) is 0.477. The summed E-state index contributed by atoms with van der Waals surface area (Å²) < 4.78 is 0. The van der Waals surface area contributed by atoms with Gasteiger partial charge in [-0.25, -0.2) is 0 Å². The Morgan fingerprint density at radius 3 is 2.55 bits per heavy atom. The molecule has 1 heterocycles. The highest BCUT2D eigenvalue weighted by Gasteiger charge is 2.08. The van der Waals surface area contributed by atoms with Crippen LogP contribution in [0.4, 0.5) is 5.69 Å². The van der Waals surface area contributed by atoms with Gasteiger partial charge in [-0.3, -0.25) is 15.0 Å². The Labute approximate surface area is 130 Å². The van der Waals surface area contributed by atoms with E-state index in [1.54, 1.807) is 24.3 Å². The number of aliphatic hydroxyl groups is 1. The van der Waals surface area contributed by atoms with Crippen LogP contribution < -0.4 is 0 Å². The summed E-state index contributed by atoms with van der Waals surface area (Å²) in [5.41, 5.74) is 0.910. The summed E-state index contributed by atoms with van der Waals surface area (Å²) >= 11 is 0. The summed E-state index contributed by atoms with van der Waals surface area (Å²) in [6.07, 6.45) is 10.2. The predicted octanol–water partition coefficient (Wildman–Crippen LogP) is 3.01. The molecule has 1 aromatic carbocycles. The number of hydrogen-bond acceptors (Lipinski definition) is 4. The number of nitro benzene ring substituents is 1. The molecule has 5 nitrogen and oxygen atoms in total. The van der Waals surface area contributed by atoms with E-state index in [1.165, 1.54) is 38.1 Å². The molecule has 0 aliphatic carbocycles. The van der Waals surface area contributed by atoms with Crippen molar-refractivity contribution in [1.82, 2.24) is 4.90 Å². The van der Waals surface area contributed by atoms with Crippen LogP contribution in [0, 0.1) is 10.1 Å². The highest BCUT2D eigenvalue weighted by atomic mass is 16.6. The first kappa shape index (κ1) is 16.4. The van der Waals surface area contributed by atoms with Crippen LogP contribution in [0.15, 0.2) is 42.5 Å². The van der Waals surface area contributed by atoms with Gasteiger partial charge in [0, 0.05) is 18.7 Å². The van der Waals surface area contributed by atoms with Gasteiger partial charge in [0.15, 0.2) is 0 Å². The van der Waals surface area contributed by atoms with E-state index < -0.39 is 11.0 Å². The molecule has 5 heteroatoms. The summed E-state index contributed by atoms with van der Waals surface area (Å²) in [6.45, 7) is 3.30. The fraction of sp³-hybridized carbons (Fsp3) is 0.412. The van der Waals surface area contributed by atoms with Gasteiger partial charge in [0.1, 0.15) is 0 Å². The number of likely N-dealkylation sites (tertiary alicyclic amines) is 1. The molecule has 1 N–H and O–H groups in total. The predicted molar refractivity (Wildman–Crippen MR) is 87.6 cm³/mol. The Morgan fingerprint density at radius 1 is 1.23 bits per heavy atom. The number of non-ortho nitro benzene ring substituents is 1. The molecule has 0 aromatic heterocycles. The number of aliphatic hydroxyl groups excluding tert-OH is 1. The zero-order valence-electron chi connectivity index (χ0n) is 12.6. The van der Waals surface area contributed by atoms with Crippen molar-refractivity contribution < 1.29 is 10.0 Å². The lowest BCUT2D eigenvalue weighted by molar-refractivity contribution is -0.384. The van der Waals surface area contributed by atoms with Crippen LogP contribution in [0.5, 0.6) is 0 Å². The van der Waals surface area contributed by atoms with Gasteiger partial charge in [-0.05, 0) is 50.0 Å². The Balaban J connectivity index is 1.74. The van der Waals surface area contributed by atoms with Gasteiger partial charge in [-0.15, -0.1) is 0 Å².